The molecule has 0 radical (unpaired) electrons. The topological polar surface area (TPSA) is 44.9 Å². The van der Waals surface area contributed by atoms with Crippen molar-refractivity contribution in [1.82, 2.24) is 0 Å². The quantitative estimate of drug-likeness (QED) is 0.774. The van der Waals surface area contributed by atoms with Crippen molar-refractivity contribution in [3.8, 4) is 11.5 Å². The summed E-state index contributed by atoms with van der Waals surface area (Å²) in [5.74, 6) is 2.91. The van der Waals surface area contributed by atoms with Crippen LogP contribution in [0.4, 0.5) is 5.69 Å². The molecule has 0 saturated heterocycles. The molecule has 4 rings (SSSR count). The molecule has 2 aliphatic rings. The van der Waals surface area contributed by atoms with Crippen LogP contribution in [0, 0.1) is 0 Å². The normalized spacial score (nSPS) is 21.6. The van der Waals surface area contributed by atoms with Crippen molar-refractivity contribution >= 4 is 11.5 Å². The average Bonchev–Trinajstić information content (AvgIpc) is 3.04. The van der Waals surface area contributed by atoms with Crippen LogP contribution >= 0.6 is 0 Å². The van der Waals surface area contributed by atoms with Gasteiger partial charge in [-0.05, 0) is 75.2 Å². The summed E-state index contributed by atoms with van der Waals surface area (Å²) >= 11 is 0. The van der Waals surface area contributed by atoms with E-state index in [9.17, 15) is 5.11 Å². The lowest BCUT2D eigenvalue weighted by atomic mass is 10.0. The van der Waals surface area contributed by atoms with Gasteiger partial charge >= 0.3 is 0 Å². The third-order valence-electron chi connectivity index (χ3n) is 5.57. The van der Waals surface area contributed by atoms with Gasteiger partial charge in [0.15, 0.2) is 6.54 Å². The first-order valence-electron chi connectivity index (χ1n) is 10.3. The molecule has 28 heavy (non-hydrogen) atoms. The number of aliphatic hydroxyl groups is 1. The van der Waals surface area contributed by atoms with Crippen LogP contribution in [0.2, 0.25) is 0 Å². The minimum Gasteiger partial charge on any atom is -0.494 e. The van der Waals surface area contributed by atoms with E-state index in [-0.39, 0.29) is 0 Å². The lowest BCUT2D eigenvalue weighted by Crippen LogP contribution is -2.41. The number of β-amino-alcohol motifs (C(OH)–C–C–N with tert-alkyl or cyclic N) is 1. The SMILES string of the molecule is CCOc1ccc(N2C[C@](O)(c3ccc(OCC)cc3)[N+]3=C2CCCC3)cc1. The Labute approximate surface area is 166 Å². The van der Waals surface area contributed by atoms with Crippen LogP contribution in [0.15, 0.2) is 48.5 Å². The molecule has 2 aromatic carbocycles. The Hall–Kier alpha value is -2.53. The molecule has 2 heterocycles. The highest BCUT2D eigenvalue weighted by molar-refractivity contribution is 5.96. The maximum absolute atomic E-state index is 11.7. The fourth-order valence-electron chi connectivity index (χ4n) is 4.25. The van der Waals surface area contributed by atoms with Crippen LogP contribution in [0.3, 0.4) is 0 Å². The Bertz CT molecular complexity index is 845. The van der Waals surface area contributed by atoms with Gasteiger partial charge in [-0.15, -0.1) is 0 Å². The van der Waals surface area contributed by atoms with Gasteiger partial charge in [-0.2, -0.15) is 0 Å². The van der Waals surface area contributed by atoms with Crippen molar-refractivity contribution in [1.29, 1.82) is 0 Å². The van der Waals surface area contributed by atoms with E-state index in [1.165, 1.54) is 5.84 Å². The molecule has 0 aromatic heterocycles. The van der Waals surface area contributed by atoms with E-state index in [0.717, 1.165) is 48.6 Å². The van der Waals surface area contributed by atoms with Crippen molar-refractivity contribution in [2.24, 2.45) is 0 Å². The highest BCUT2D eigenvalue weighted by Crippen LogP contribution is 2.36. The first-order chi connectivity index (χ1) is 13.7. The second-order valence-corrected chi connectivity index (χ2v) is 7.31. The molecule has 0 fully saturated rings. The van der Waals surface area contributed by atoms with E-state index < -0.39 is 5.72 Å². The van der Waals surface area contributed by atoms with Gasteiger partial charge in [0.1, 0.15) is 17.2 Å². The maximum Gasteiger partial charge on any atom is 0.271 e. The van der Waals surface area contributed by atoms with E-state index in [4.69, 9.17) is 9.47 Å². The molecule has 5 nitrogen and oxygen atoms in total. The minimum absolute atomic E-state index is 0.518. The van der Waals surface area contributed by atoms with Crippen LogP contribution < -0.4 is 14.4 Å². The number of amidine groups is 1. The first kappa shape index (κ1) is 18.8. The van der Waals surface area contributed by atoms with E-state index in [0.29, 0.717) is 19.8 Å². The first-order valence-corrected chi connectivity index (χ1v) is 10.3. The monoisotopic (exact) mass is 381 g/mol. The third kappa shape index (κ3) is 3.35. The molecule has 0 aliphatic carbocycles. The Morgan fingerprint density at radius 3 is 2.14 bits per heavy atom. The second kappa shape index (κ2) is 7.84. The van der Waals surface area contributed by atoms with Gasteiger partial charge in [0.05, 0.1) is 19.8 Å². The summed E-state index contributed by atoms with van der Waals surface area (Å²) in [6, 6.07) is 16.0. The molecule has 1 atom stereocenters. The zero-order valence-electron chi connectivity index (χ0n) is 16.7. The summed E-state index contributed by atoms with van der Waals surface area (Å²) in [6.07, 6.45) is 3.23. The zero-order valence-corrected chi connectivity index (χ0v) is 16.7. The van der Waals surface area contributed by atoms with Crippen LogP contribution in [0.5, 0.6) is 11.5 Å². The molecule has 1 N–H and O–H groups in total. The Morgan fingerprint density at radius 1 is 0.929 bits per heavy atom. The Balaban J connectivity index is 1.67. The van der Waals surface area contributed by atoms with Crippen LogP contribution in [-0.4, -0.2) is 41.8 Å². The number of rotatable bonds is 6. The van der Waals surface area contributed by atoms with Crippen LogP contribution in [0.25, 0.3) is 0 Å². The van der Waals surface area contributed by atoms with Crippen LogP contribution in [0.1, 0.15) is 38.7 Å². The molecule has 0 unspecified atom stereocenters. The van der Waals surface area contributed by atoms with Crippen molar-refractivity contribution in [2.45, 2.75) is 38.8 Å². The predicted octanol–water partition coefficient (Wildman–Crippen LogP) is 3.74. The average molecular weight is 381 g/mol. The van der Waals surface area contributed by atoms with Gasteiger partial charge in [0, 0.05) is 12.0 Å². The summed E-state index contributed by atoms with van der Waals surface area (Å²) in [5.41, 5.74) is 0.968. The van der Waals surface area contributed by atoms with Gasteiger partial charge in [-0.1, -0.05) is 0 Å². The number of hydrogen-bond acceptors (Lipinski definition) is 4. The summed E-state index contributed by atoms with van der Waals surface area (Å²) in [5, 5.41) is 11.7. The smallest absolute Gasteiger partial charge is 0.271 e. The molecule has 0 spiro atoms. The molecule has 0 amide bonds. The Morgan fingerprint density at radius 2 is 1.54 bits per heavy atom. The van der Waals surface area contributed by atoms with Crippen molar-refractivity contribution in [3.63, 3.8) is 0 Å². The third-order valence-corrected chi connectivity index (χ3v) is 5.57. The van der Waals surface area contributed by atoms with E-state index in [1.807, 2.05) is 50.2 Å². The minimum atomic E-state index is -1.03. The molecule has 2 aromatic rings. The number of benzene rings is 2. The molecular formula is C23H29N2O3+. The lowest BCUT2D eigenvalue weighted by Gasteiger charge is -2.24. The lowest BCUT2D eigenvalue weighted by molar-refractivity contribution is -0.661. The molecule has 5 heteroatoms. The highest BCUT2D eigenvalue weighted by atomic mass is 16.5. The molecular weight excluding hydrogens is 352 g/mol. The van der Waals surface area contributed by atoms with Gasteiger partial charge in [-0.3, -0.25) is 0 Å². The number of hydrogen-bond donors (Lipinski definition) is 1. The number of nitrogens with zero attached hydrogens (tertiary/aromatic N) is 2. The van der Waals surface area contributed by atoms with Crippen molar-refractivity contribution in [3.05, 3.63) is 54.1 Å². The standard InChI is InChI=1S/C23H29N2O3/c1-3-27-20-12-8-18(9-13-20)23(26)17-24(22-7-5-6-16-25(22)23)19-10-14-21(15-11-19)28-4-2/h8-15,26H,3-7,16-17H2,1-2H3/q+1/t23-/m0/s1. The molecule has 148 valence electrons. The highest BCUT2D eigenvalue weighted by Gasteiger charge is 2.52. The van der Waals surface area contributed by atoms with Gasteiger partial charge in [0.25, 0.3) is 11.6 Å². The van der Waals surface area contributed by atoms with Crippen molar-refractivity contribution in [2.75, 3.05) is 31.2 Å². The van der Waals surface area contributed by atoms with Gasteiger partial charge < -0.3 is 14.6 Å². The summed E-state index contributed by atoms with van der Waals surface area (Å²) in [4.78, 5) is 2.26. The van der Waals surface area contributed by atoms with Gasteiger partial charge in [-0.25, -0.2) is 9.48 Å². The predicted molar refractivity (Wildman–Crippen MR) is 110 cm³/mol. The van der Waals surface area contributed by atoms with Crippen molar-refractivity contribution < 1.29 is 19.2 Å². The van der Waals surface area contributed by atoms with E-state index in [2.05, 4.69) is 21.6 Å². The summed E-state index contributed by atoms with van der Waals surface area (Å²) < 4.78 is 13.3. The number of ether oxygens (including phenoxy) is 2. The zero-order chi connectivity index (χ0) is 19.6. The van der Waals surface area contributed by atoms with E-state index in [1.54, 1.807) is 0 Å². The fraction of sp³-hybridized carbons (Fsp3) is 0.435. The number of anilines is 1. The van der Waals surface area contributed by atoms with E-state index >= 15 is 0 Å². The molecule has 0 bridgehead atoms. The summed E-state index contributed by atoms with van der Waals surface area (Å²) in [6.45, 7) is 6.64. The summed E-state index contributed by atoms with van der Waals surface area (Å²) in [7, 11) is 0. The second-order valence-electron chi connectivity index (χ2n) is 7.31. The Kier molecular flexibility index (Phi) is 5.27. The van der Waals surface area contributed by atoms with Crippen LogP contribution in [-0.2, 0) is 5.72 Å². The largest absolute Gasteiger partial charge is 0.494 e. The maximum atomic E-state index is 11.7. The fourth-order valence-corrected chi connectivity index (χ4v) is 4.25. The molecule has 2 aliphatic heterocycles. The van der Waals surface area contributed by atoms with Gasteiger partial charge in [0.2, 0.25) is 0 Å². The molecule has 0 saturated carbocycles.